The van der Waals surface area contributed by atoms with E-state index < -0.39 is 0 Å². The molecule has 0 radical (unpaired) electrons. The fraction of sp³-hybridized carbons (Fsp3) is 0.350. The van der Waals surface area contributed by atoms with Crippen LogP contribution >= 0.6 is 15.9 Å². The fourth-order valence-corrected chi connectivity index (χ4v) is 3.84. The first-order valence-electron chi connectivity index (χ1n) is 8.15. The summed E-state index contributed by atoms with van der Waals surface area (Å²) in [6, 6.07) is 13.0. The van der Waals surface area contributed by atoms with Gasteiger partial charge in [0, 0.05) is 4.47 Å². The molecule has 23 heavy (non-hydrogen) atoms. The van der Waals surface area contributed by atoms with Crippen molar-refractivity contribution in [1.82, 2.24) is 0 Å². The van der Waals surface area contributed by atoms with E-state index in [2.05, 4.69) is 46.3 Å². The molecule has 0 aliphatic heterocycles. The Morgan fingerprint density at radius 2 is 1.52 bits per heavy atom. The lowest BCUT2D eigenvalue weighted by Crippen LogP contribution is -2.08. The van der Waals surface area contributed by atoms with Crippen molar-refractivity contribution in [3.8, 4) is 0 Å². The Morgan fingerprint density at radius 3 is 2.22 bits per heavy atom. The van der Waals surface area contributed by atoms with E-state index in [0.29, 0.717) is 0 Å². The van der Waals surface area contributed by atoms with Gasteiger partial charge < -0.3 is 4.74 Å². The number of hydrogen-bond donors (Lipinski definition) is 0. The molecule has 6 rings (SSSR count). The molecule has 0 heterocycles. The monoisotopic (exact) mass is 372 g/mol. The van der Waals surface area contributed by atoms with Gasteiger partial charge in [0.1, 0.15) is 0 Å². The van der Waals surface area contributed by atoms with Gasteiger partial charge in [-0.3, -0.25) is 0 Å². The third kappa shape index (κ3) is 3.84. The van der Waals surface area contributed by atoms with Crippen molar-refractivity contribution in [3.05, 3.63) is 68.7 Å². The van der Waals surface area contributed by atoms with Crippen LogP contribution in [0.4, 0.5) is 0 Å². The number of halogens is 1. The number of carbonyl (C=O) groups is 1. The molecule has 0 aromatic heterocycles. The van der Waals surface area contributed by atoms with E-state index in [0.717, 1.165) is 49.7 Å². The molecule has 0 saturated heterocycles. The summed E-state index contributed by atoms with van der Waals surface area (Å²) in [6.45, 7) is 0. The Morgan fingerprint density at radius 1 is 0.913 bits per heavy atom. The lowest BCUT2D eigenvalue weighted by atomic mass is 9.94. The van der Waals surface area contributed by atoms with Crippen LogP contribution < -0.4 is 0 Å². The first-order chi connectivity index (χ1) is 11.2. The smallest absolute Gasteiger partial charge is 0.338 e. The first kappa shape index (κ1) is 16.3. The zero-order valence-electron chi connectivity index (χ0n) is 13.4. The number of rotatable bonds is 1. The number of aryl methyl sites for hydroxylation is 4. The SMILES string of the molecule is COC(=O)c1cc2ccc1CCCc1ccc(cc1Br)CCC2. The Balaban J connectivity index is 1.92. The molecule has 0 N–H and O–H groups in total. The second kappa shape index (κ2) is 7.31. The van der Waals surface area contributed by atoms with E-state index in [9.17, 15) is 4.79 Å². The third-order valence-corrected chi connectivity index (χ3v) is 5.26. The minimum Gasteiger partial charge on any atom is -0.465 e. The van der Waals surface area contributed by atoms with Gasteiger partial charge in [0.15, 0.2) is 0 Å². The van der Waals surface area contributed by atoms with Crippen LogP contribution in [0.15, 0.2) is 40.9 Å². The summed E-state index contributed by atoms with van der Waals surface area (Å²) in [5, 5.41) is 0. The number of hydrogen-bond acceptors (Lipinski definition) is 2. The second-order valence-corrected chi connectivity index (χ2v) is 6.97. The number of esters is 1. The molecule has 0 unspecified atom stereocenters. The Bertz CT molecular complexity index is 722. The summed E-state index contributed by atoms with van der Waals surface area (Å²) in [4.78, 5) is 12.1. The lowest BCUT2D eigenvalue weighted by Gasteiger charge is -2.13. The normalized spacial score (nSPS) is 14.5. The van der Waals surface area contributed by atoms with Crippen molar-refractivity contribution in [2.24, 2.45) is 0 Å². The van der Waals surface area contributed by atoms with Crippen LogP contribution in [0.5, 0.6) is 0 Å². The van der Waals surface area contributed by atoms with Gasteiger partial charge in [-0.25, -0.2) is 4.79 Å². The van der Waals surface area contributed by atoms with Crippen LogP contribution in [0.3, 0.4) is 0 Å². The van der Waals surface area contributed by atoms with Crippen LogP contribution in [-0.4, -0.2) is 13.1 Å². The zero-order valence-corrected chi connectivity index (χ0v) is 15.0. The topological polar surface area (TPSA) is 26.3 Å². The molecular formula is C20H21BrO2. The maximum Gasteiger partial charge on any atom is 0.338 e. The molecule has 4 bridgehead atoms. The van der Waals surface area contributed by atoms with E-state index in [-0.39, 0.29) is 5.97 Å². The summed E-state index contributed by atoms with van der Waals surface area (Å²) in [5.74, 6) is -0.224. The molecule has 120 valence electrons. The Kier molecular flexibility index (Phi) is 5.16. The number of methoxy groups -OCH3 is 1. The van der Waals surface area contributed by atoms with Crippen molar-refractivity contribution < 1.29 is 9.53 Å². The van der Waals surface area contributed by atoms with Crippen LogP contribution in [0.1, 0.15) is 45.5 Å². The summed E-state index contributed by atoms with van der Waals surface area (Å²) in [5.41, 5.74) is 5.73. The summed E-state index contributed by atoms with van der Waals surface area (Å²) in [7, 11) is 1.45. The van der Waals surface area contributed by atoms with Crippen molar-refractivity contribution in [3.63, 3.8) is 0 Å². The highest BCUT2D eigenvalue weighted by Gasteiger charge is 2.14. The van der Waals surface area contributed by atoms with E-state index >= 15 is 0 Å². The van der Waals surface area contributed by atoms with E-state index in [1.807, 2.05) is 6.07 Å². The summed E-state index contributed by atoms with van der Waals surface area (Å²) >= 11 is 3.70. The van der Waals surface area contributed by atoms with Crippen LogP contribution in [0.2, 0.25) is 0 Å². The minimum absolute atomic E-state index is 0.224. The van der Waals surface area contributed by atoms with Crippen LogP contribution in [0.25, 0.3) is 0 Å². The largest absolute Gasteiger partial charge is 0.465 e. The van der Waals surface area contributed by atoms with E-state index in [1.54, 1.807) is 0 Å². The standard InChI is InChI=1S/C20H21BrO2/c1-23-20(22)18-12-14-4-2-5-15-9-11-17(19(21)13-15)7-3-6-16(18)10-8-14/h8-13H,2-7H2,1H3. The molecule has 3 heteroatoms. The second-order valence-electron chi connectivity index (χ2n) is 6.12. The number of ether oxygens (including phenoxy) is 1. The maximum absolute atomic E-state index is 12.1. The highest BCUT2D eigenvalue weighted by molar-refractivity contribution is 9.10. The fourth-order valence-electron chi connectivity index (χ4n) is 3.21. The average Bonchev–Trinajstić information content (AvgIpc) is 2.57. The number of carbonyl (C=O) groups excluding carboxylic acids is 1. The van der Waals surface area contributed by atoms with Crippen molar-refractivity contribution in [2.75, 3.05) is 7.11 Å². The van der Waals surface area contributed by atoms with Crippen molar-refractivity contribution in [1.29, 1.82) is 0 Å². The van der Waals surface area contributed by atoms with Gasteiger partial charge in [0.2, 0.25) is 0 Å². The van der Waals surface area contributed by atoms with Gasteiger partial charge in [-0.15, -0.1) is 0 Å². The summed E-state index contributed by atoms with van der Waals surface area (Å²) < 4.78 is 6.17. The first-order valence-corrected chi connectivity index (χ1v) is 8.94. The van der Waals surface area contributed by atoms with Gasteiger partial charge in [0.25, 0.3) is 0 Å². The Hall–Kier alpha value is -1.61. The summed E-state index contributed by atoms with van der Waals surface area (Å²) in [6.07, 6.45) is 6.01. The molecule has 0 saturated carbocycles. The number of benzene rings is 2. The molecule has 0 atom stereocenters. The predicted octanol–water partition coefficient (Wildman–Crippen LogP) is 4.90. The average molecular weight is 373 g/mol. The molecule has 2 nitrogen and oxygen atoms in total. The van der Waals surface area contributed by atoms with Gasteiger partial charge in [-0.05, 0) is 72.9 Å². The highest BCUT2D eigenvalue weighted by atomic mass is 79.9. The minimum atomic E-state index is -0.224. The highest BCUT2D eigenvalue weighted by Crippen LogP contribution is 2.24. The van der Waals surface area contributed by atoms with Gasteiger partial charge >= 0.3 is 5.97 Å². The molecule has 0 spiro atoms. The van der Waals surface area contributed by atoms with Gasteiger partial charge in [-0.2, -0.15) is 0 Å². The zero-order chi connectivity index (χ0) is 16.2. The lowest BCUT2D eigenvalue weighted by molar-refractivity contribution is 0.0599. The van der Waals surface area contributed by atoms with E-state index in [1.165, 1.54) is 28.3 Å². The maximum atomic E-state index is 12.1. The van der Waals surface area contributed by atoms with Crippen molar-refractivity contribution in [2.45, 2.75) is 38.5 Å². The molecule has 4 aliphatic rings. The molecule has 0 fully saturated rings. The predicted molar refractivity (Wildman–Crippen MR) is 96.0 cm³/mol. The van der Waals surface area contributed by atoms with Crippen LogP contribution in [-0.2, 0) is 30.4 Å². The molecule has 0 amide bonds. The molecular weight excluding hydrogens is 352 g/mol. The molecule has 2 aromatic carbocycles. The van der Waals surface area contributed by atoms with Crippen molar-refractivity contribution >= 4 is 21.9 Å². The van der Waals surface area contributed by atoms with Gasteiger partial charge in [0.05, 0.1) is 12.7 Å². The third-order valence-electron chi connectivity index (χ3n) is 4.52. The Labute approximate surface area is 146 Å². The molecule has 4 aliphatic carbocycles. The van der Waals surface area contributed by atoms with Crippen LogP contribution in [0, 0.1) is 0 Å². The quantitative estimate of drug-likeness (QED) is 0.665. The van der Waals surface area contributed by atoms with Gasteiger partial charge in [-0.1, -0.05) is 40.2 Å². The van der Waals surface area contributed by atoms with E-state index in [4.69, 9.17) is 4.74 Å². The molecule has 2 aromatic rings.